The van der Waals surface area contributed by atoms with E-state index in [0.717, 1.165) is 17.7 Å². The number of halogens is 2. The fraction of sp³-hybridized carbons (Fsp3) is 0.318. The summed E-state index contributed by atoms with van der Waals surface area (Å²) in [6, 6.07) is 10.1. The van der Waals surface area contributed by atoms with Crippen molar-refractivity contribution in [2.75, 3.05) is 18.5 Å². The molecule has 30 heavy (non-hydrogen) atoms. The Balaban J connectivity index is 1.70. The predicted octanol–water partition coefficient (Wildman–Crippen LogP) is 3.56. The van der Waals surface area contributed by atoms with Crippen LogP contribution in [0, 0.1) is 11.6 Å². The second-order valence-electron chi connectivity index (χ2n) is 7.67. The lowest BCUT2D eigenvalue weighted by Crippen LogP contribution is -2.27. The van der Waals surface area contributed by atoms with Crippen LogP contribution in [0.2, 0.25) is 0 Å². The molecule has 0 spiro atoms. The van der Waals surface area contributed by atoms with Crippen LogP contribution in [-0.2, 0) is 19.7 Å². The third-order valence-electron chi connectivity index (χ3n) is 4.20. The van der Waals surface area contributed by atoms with E-state index in [1.807, 2.05) is 12.1 Å². The van der Waals surface area contributed by atoms with E-state index in [9.17, 15) is 23.2 Å². The van der Waals surface area contributed by atoms with Crippen molar-refractivity contribution >= 4 is 23.5 Å². The van der Waals surface area contributed by atoms with Crippen LogP contribution >= 0.6 is 0 Å². The highest BCUT2D eigenvalue weighted by Crippen LogP contribution is 2.22. The summed E-state index contributed by atoms with van der Waals surface area (Å²) in [6.45, 7) is 5.69. The summed E-state index contributed by atoms with van der Waals surface area (Å²) in [5.74, 6) is -3.84. The third kappa shape index (κ3) is 6.95. The van der Waals surface area contributed by atoms with Gasteiger partial charge in [0.1, 0.15) is 0 Å². The number of anilines is 1. The molecular formula is C22H24F2N2O4. The molecule has 0 atom stereocenters. The first-order valence-corrected chi connectivity index (χ1v) is 9.35. The van der Waals surface area contributed by atoms with Gasteiger partial charge < -0.3 is 15.4 Å². The van der Waals surface area contributed by atoms with Crippen molar-refractivity contribution in [2.24, 2.45) is 0 Å². The second kappa shape index (κ2) is 9.96. The first-order chi connectivity index (χ1) is 14.1. The van der Waals surface area contributed by atoms with E-state index in [4.69, 9.17) is 4.74 Å². The number of esters is 1. The Bertz CT molecular complexity index is 922. The van der Waals surface area contributed by atoms with Gasteiger partial charge in [0.2, 0.25) is 0 Å². The van der Waals surface area contributed by atoms with Gasteiger partial charge in [0.15, 0.2) is 18.2 Å². The molecule has 0 radical (unpaired) electrons. The molecule has 2 aromatic carbocycles. The zero-order chi connectivity index (χ0) is 22.3. The number of ether oxygens (including phenoxy) is 1. The fourth-order valence-corrected chi connectivity index (χ4v) is 2.49. The SMILES string of the molecule is CC(C)(C)c1ccc(C(=O)NCCC(=O)OCC(=O)Nc2ccc(F)c(F)c2)cc1. The van der Waals surface area contributed by atoms with Gasteiger partial charge in [-0.3, -0.25) is 14.4 Å². The van der Waals surface area contributed by atoms with Gasteiger partial charge in [0.25, 0.3) is 11.8 Å². The van der Waals surface area contributed by atoms with Gasteiger partial charge in [-0.05, 0) is 35.2 Å². The van der Waals surface area contributed by atoms with Crippen LogP contribution in [0.25, 0.3) is 0 Å². The Morgan fingerprint density at radius 2 is 1.63 bits per heavy atom. The lowest BCUT2D eigenvalue weighted by Gasteiger charge is -2.19. The average Bonchev–Trinajstić information content (AvgIpc) is 2.68. The molecule has 0 aliphatic heterocycles. The maximum Gasteiger partial charge on any atom is 0.308 e. The van der Waals surface area contributed by atoms with E-state index < -0.39 is 30.1 Å². The molecule has 160 valence electrons. The molecule has 2 aromatic rings. The second-order valence-corrected chi connectivity index (χ2v) is 7.67. The van der Waals surface area contributed by atoms with Crippen LogP contribution in [0.3, 0.4) is 0 Å². The topological polar surface area (TPSA) is 84.5 Å². The predicted molar refractivity (Wildman–Crippen MR) is 108 cm³/mol. The van der Waals surface area contributed by atoms with Crippen LogP contribution in [0.15, 0.2) is 42.5 Å². The van der Waals surface area contributed by atoms with Crippen molar-refractivity contribution in [1.29, 1.82) is 0 Å². The van der Waals surface area contributed by atoms with Crippen LogP contribution in [0.5, 0.6) is 0 Å². The summed E-state index contributed by atoms with van der Waals surface area (Å²) < 4.78 is 30.7. The molecule has 0 unspecified atom stereocenters. The fourth-order valence-electron chi connectivity index (χ4n) is 2.49. The molecule has 0 aliphatic carbocycles. The van der Waals surface area contributed by atoms with Crippen molar-refractivity contribution in [1.82, 2.24) is 5.32 Å². The Morgan fingerprint density at radius 3 is 2.23 bits per heavy atom. The molecule has 6 nitrogen and oxygen atoms in total. The lowest BCUT2D eigenvalue weighted by molar-refractivity contribution is -0.147. The van der Waals surface area contributed by atoms with Gasteiger partial charge >= 0.3 is 5.97 Å². The highest BCUT2D eigenvalue weighted by molar-refractivity contribution is 5.94. The number of nitrogens with one attached hydrogen (secondary N) is 2. The van der Waals surface area contributed by atoms with Gasteiger partial charge in [-0.25, -0.2) is 8.78 Å². The summed E-state index contributed by atoms with van der Waals surface area (Å²) in [5, 5.41) is 4.89. The molecule has 2 rings (SSSR count). The van der Waals surface area contributed by atoms with Gasteiger partial charge in [-0.1, -0.05) is 32.9 Å². The quantitative estimate of drug-likeness (QED) is 0.674. The van der Waals surface area contributed by atoms with Crippen LogP contribution in [0.4, 0.5) is 14.5 Å². The molecule has 8 heteroatoms. The molecule has 0 saturated heterocycles. The number of amides is 2. The van der Waals surface area contributed by atoms with Gasteiger partial charge in [0, 0.05) is 23.9 Å². The van der Waals surface area contributed by atoms with Gasteiger partial charge in [0.05, 0.1) is 6.42 Å². The van der Waals surface area contributed by atoms with Gasteiger partial charge in [-0.15, -0.1) is 0 Å². The number of rotatable bonds is 7. The minimum absolute atomic E-state index is 0.0179. The molecule has 0 bridgehead atoms. The molecular weight excluding hydrogens is 394 g/mol. The molecule has 2 amide bonds. The summed E-state index contributed by atoms with van der Waals surface area (Å²) in [5.41, 5.74) is 1.60. The van der Waals surface area contributed by atoms with E-state index in [0.29, 0.717) is 5.56 Å². The molecule has 0 aromatic heterocycles. The molecule has 0 aliphatic rings. The minimum atomic E-state index is -1.10. The van der Waals surface area contributed by atoms with Crippen molar-refractivity contribution in [3.63, 3.8) is 0 Å². The molecule has 2 N–H and O–H groups in total. The number of hydrogen-bond donors (Lipinski definition) is 2. The standard InChI is InChI=1S/C22H24F2N2O4/c1-22(2,3)15-6-4-14(5-7-15)21(29)25-11-10-20(28)30-13-19(27)26-16-8-9-17(23)18(24)12-16/h4-9,12H,10-11,13H2,1-3H3,(H,25,29)(H,26,27). The zero-order valence-electron chi connectivity index (χ0n) is 17.1. The maximum absolute atomic E-state index is 13.1. The normalized spacial score (nSPS) is 11.0. The van der Waals surface area contributed by atoms with Gasteiger partial charge in [-0.2, -0.15) is 0 Å². The van der Waals surface area contributed by atoms with E-state index in [1.165, 1.54) is 6.07 Å². The third-order valence-corrected chi connectivity index (χ3v) is 4.20. The Labute approximate surface area is 173 Å². The van der Waals surface area contributed by atoms with Crippen molar-refractivity contribution < 1.29 is 27.9 Å². The average molecular weight is 418 g/mol. The van der Waals surface area contributed by atoms with E-state index in [-0.39, 0.29) is 30.0 Å². The Morgan fingerprint density at radius 1 is 0.967 bits per heavy atom. The maximum atomic E-state index is 13.1. The number of carbonyl (C=O) groups is 3. The highest BCUT2D eigenvalue weighted by atomic mass is 19.2. The largest absolute Gasteiger partial charge is 0.456 e. The van der Waals surface area contributed by atoms with Crippen molar-refractivity contribution in [3.8, 4) is 0 Å². The molecule has 0 saturated carbocycles. The molecule has 0 fully saturated rings. The van der Waals surface area contributed by atoms with Crippen molar-refractivity contribution in [3.05, 3.63) is 65.2 Å². The van der Waals surface area contributed by atoms with E-state index in [1.54, 1.807) is 12.1 Å². The van der Waals surface area contributed by atoms with E-state index in [2.05, 4.69) is 31.4 Å². The number of hydrogen-bond acceptors (Lipinski definition) is 4. The Hall–Kier alpha value is -3.29. The molecule has 0 heterocycles. The smallest absolute Gasteiger partial charge is 0.308 e. The number of benzene rings is 2. The van der Waals surface area contributed by atoms with Crippen LogP contribution < -0.4 is 10.6 Å². The summed E-state index contributed by atoms with van der Waals surface area (Å²) >= 11 is 0. The highest BCUT2D eigenvalue weighted by Gasteiger charge is 2.15. The Kier molecular flexibility index (Phi) is 7.63. The minimum Gasteiger partial charge on any atom is -0.456 e. The summed E-state index contributed by atoms with van der Waals surface area (Å²) in [4.78, 5) is 35.5. The first kappa shape index (κ1) is 23.0. The monoisotopic (exact) mass is 418 g/mol. The first-order valence-electron chi connectivity index (χ1n) is 9.35. The number of carbonyl (C=O) groups excluding carboxylic acids is 3. The summed E-state index contributed by atoms with van der Waals surface area (Å²) in [7, 11) is 0. The van der Waals surface area contributed by atoms with Crippen LogP contribution in [-0.4, -0.2) is 30.9 Å². The summed E-state index contributed by atoms with van der Waals surface area (Å²) in [6.07, 6.45) is -0.121. The lowest BCUT2D eigenvalue weighted by atomic mass is 9.87. The van der Waals surface area contributed by atoms with Crippen LogP contribution in [0.1, 0.15) is 43.1 Å². The van der Waals surface area contributed by atoms with Crippen molar-refractivity contribution in [2.45, 2.75) is 32.6 Å². The zero-order valence-corrected chi connectivity index (χ0v) is 17.1. The van der Waals surface area contributed by atoms with E-state index >= 15 is 0 Å².